The molecular weight excluding hydrogens is 264 g/mol. The van der Waals surface area contributed by atoms with Gasteiger partial charge in [0.2, 0.25) is 0 Å². The highest BCUT2D eigenvalue weighted by Gasteiger charge is 2.04. The van der Waals surface area contributed by atoms with Crippen molar-refractivity contribution in [2.24, 2.45) is 5.10 Å². The number of hydrogen-bond donors (Lipinski definition) is 2. The maximum Gasteiger partial charge on any atom is 0.281 e. The van der Waals surface area contributed by atoms with Crippen LogP contribution in [0.25, 0.3) is 0 Å². The van der Waals surface area contributed by atoms with Gasteiger partial charge >= 0.3 is 0 Å². The Morgan fingerprint density at radius 2 is 2.32 bits per heavy atom. The number of ether oxygens (including phenoxy) is 1. The van der Waals surface area contributed by atoms with Gasteiger partial charge in [-0.15, -0.1) is 11.3 Å². The number of phenolic OH excluding ortho intramolecular Hbond substituents is 1. The van der Waals surface area contributed by atoms with E-state index in [2.05, 4.69) is 10.5 Å². The molecular formula is C13H12N2O3S. The summed E-state index contributed by atoms with van der Waals surface area (Å²) in [5.74, 6) is 0.153. The van der Waals surface area contributed by atoms with Crippen molar-refractivity contribution >= 4 is 23.5 Å². The van der Waals surface area contributed by atoms with Gasteiger partial charge in [0.15, 0.2) is 11.5 Å². The van der Waals surface area contributed by atoms with E-state index in [9.17, 15) is 9.90 Å². The van der Waals surface area contributed by atoms with Crippen molar-refractivity contribution in [2.75, 3.05) is 7.11 Å². The third-order valence-electron chi connectivity index (χ3n) is 2.33. The molecule has 98 valence electrons. The molecule has 0 bridgehead atoms. The van der Waals surface area contributed by atoms with Crippen LogP contribution >= 0.6 is 11.3 Å². The molecule has 1 heterocycles. The van der Waals surface area contributed by atoms with E-state index in [-0.39, 0.29) is 11.7 Å². The summed E-state index contributed by atoms with van der Waals surface area (Å²) in [7, 11) is 1.48. The average molecular weight is 276 g/mol. The number of nitrogens with one attached hydrogen (secondary N) is 1. The summed E-state index contributed by atoms with van der Waals surface area (Å²) < 4.78 is 4.93. The summed E-state index contributed by atoms with van der Waals surface area (Å²) in [6, 6.07) is 8.36. The van der Waals surface area contributed by atoms with E-state index >= 15 is 0 Å². The number of carbonyl (C=O) groups excluding carboxylic acids is 1. The maximum atomic E-state index is 11.6. The van der Waals surface area contributed by atoms with Crippen LogP contribution in [0.15, 0.2) is 40.8 Å². The van der Waals surface area contributed by atoms with Crippen LogP contribution in [-0.4, -0.2) is 24.3 Å². The Morgan fingerprint density at radius 1 is 1.47 bits per heavy atom. The monoisotopic (exact) mass is 276 g/mol. The van der Waals surface area contributed by atoms with Crippen molar-refractivity contribution in [3.63, 3.8) is 0 Å². The number of carbonyl (C=O) groups is 1. The van der Waals surface area contributed by atoms with Crippen molar-refractivity contribution in [1.29, 1.82) is 0 Å². The second-order valence-corrected chi connectivity index (χ2v) is 4.56. The number of hydrogen-bond acceptors (Lipinski definition) is 5. The van der Waals surface area contributed by atoms with Gasteiger partial charge in [-0.25, -0.2) is 5.43 Å². The van der Waals surface area contributed by atoms with Crippen molar-refractivity contribution in [2.45, 2.75) is 0 Å². The zero-order valence-electron chi connectivity index (χ0n) is 10.2. The number of phenols is 1. The van der Waals surface area contributed by atoms with Gasteiger partial charge in [0.05, 0.1) is 18.2 Å². The third kappa shape index (κ3) is 3.32. The topological polar surface area (TPSA) is 70.9 Å². The molecule has 0 fully saturated rings. The molecule has 0 radical (unpaired) electrons. The van der Waals surface area contributed by atoms with Gasteiger partial charge in [0, 0.05) is 0 Å². The number of thiophene rings is 1. The number of aromatic hydroxyl groups is 1. The Balaban J connectivity index is 1.99. The van der Waals surface area contributed by atoms with E-state index in [0.717, 1.165) is 0 Å². The van der Waals surface area contributed by atoms with Crippen LogP contribution in [0.3, 0.4) is 0 Å². The van der Waals surface area contributed by atoms with Gasteiger partial charge in [-0.3, -0.25) is 4.79 Å². The summed E-state index contributed by atoms with van der Waals surface area (Å²) in [5.41, 5.74) is 3.07. The lowest BCUT2D eigenvalue weighted by Crippen LogP contribution is -2.16. The second-order valence-electron chi connectivity index (χ2n) is 3.61. The van der Waals surface area contributed by atoms with Gasteiger partial charge in [-0.2, -0.15) is 5.10 Å². The standard InChI is InChI=1S/C13H12N2O3S/c1-18-11-5-4-9(7-10(11)16)8-14-15-13(17)12-3-2-6-19-12/h2-8,16H,1H3,(H,15,17)/b14-8+. The molecule has 0 aliphatic carbocycles. The highest BCUT2D eigenvalue weighted by Crippen LogP contribution is 2.25. The van der Waals surface area contributed by atoms with Gasteiger partial charge in [0.1, 0.15) is 0 Å². The molecule has 2 rings (SSSR count). The molecule has 6 heteroatoms. The number of rotatable bonds is 4. The molecule has 0 saturated carbocycles. The molecule has 1 aromatic heterocycles. The summed E-state index contributed by atoms with van der Waals surface area (Å²) in [5, 5.41) is 15.2. The number of nitrogens with zero attached hydrogens (tertiary/aromatic N) is 1. The van der Waals surface area contributed by atoms with Crippen molar-refractivity contribution in [1.82, 2.24) is 5.43 Å². The molecule has 0 spiro atoms. The molecule has 19 heavy (non-hydrogen) atoms. The quantitative estimate of drug-likeness (QED) is 0.664. The molecule has 0 atom stereocenters. The van der Waals surface area contributed by atoms with E-state index in [1.807, 2.05) is 5.38 Å². The lowest BCUT2D eigenvalue weighted by molar-refractivity contribution is 0.0959. The molecule has 2 N–H and O–H groups in total. The van der Waals surface area contributed by atoms with E-state index in [1.54, 1.807) is 24.3 Å². The zero-order valence-corrected chi connectivity index (χ0v) is 11.0. The zero-order chi connectivity index (χ0) is 13.7. The SMILES string of the molecule is COc1ccc(/C=N/NC(=O)c2cccs2)cc1O. The number of hydrazone groups is 1. The van der Waals surface area contributed by atoms with Crippen molar-refractivity contribution < 1.29 is 14.6 Å². The minimum absolute atomic E-state index is 0.0241. The molecule has 5 nitrogen and oxygen atoms in total. The fourth-order valence-electron chi connectivity index (χ4n) is 1.42. The van der Waals surface area contributed by atoms with E-state index < -0.39 is 0 Å². The van der Waals surface area contributed by atoms with E-state index in [0.29, 0.717) is 16.2 Å². The Hall–Kier alpha value is -2.34. The van der Waals surface area contributed by atoms with E-state index in [1.165, 1.54) is 30.7 Å². The highest BCUT2D eigenvalue weighted by atomic mass is 32.1. The first-order valence-electron chi connectivity index (χ1n) is 5.44. The first kappa shape index (κ1) is 13.1. The fraction of sp³-hybridized carbons (Fsp3) is 0.0769. The predicted molar refractivity (Wildman–Crippen MR) is 74.0 cm³/mol. The number of amides is 1. The van der Waals surface area contributed by atoms with Gasteiger partial charge in [-0.05, 0) is 35.2 Å². The first-order valence-corrected chi connectivity index (χ1v) is 6.32. The maximum absolute atomic E-state index is 11.6. The van der Waals surface area contributed by atoms with Gasteiger partial charge in [-0.1, -0.05) is 6.07 Å². The first-order chi connectivity index (χ1) is 9.20. The van der Waals surface area contributed by atoms with Crippen LogP contribution in [0.4, 0.5) is 0 Å². The Kier molecular flexibility index (Phi) is 4.15. The number of benzene rings is 1. The lowest BCUT2D eigenvalue weighted by Gasteiger charge is -2.03. The van der Waals surface area contributed by atoms with Crippen molar-refractivity contribution in [3.05, 3.63) is 46.2 Å². The lowest BCUT2D eigenvalue weighted by atomic mass is 10.2. The smallest absolute Gasteiger partial charge is 0.281 e. The summed E-state index contributed by atoms with van der Waals surface area (Å²) in [6.07, 6.45) is 1.45. The fourth-order valence-corrected chi connectivity index (χ4v) is 2.03. The summed E-state index contributed by atoms with van der Waals surface area (Å²) in [4.78, 5) is 12.2. The number of methoxy groups -OCH3 is 1. The van der Waals surface area contributed by atoms with Crippen LogP contribution in [0.2, 0.25) is 0 Å². The molecule has 0 unspecified atom stereocenters. The van der Waals surface area contributed by atoms with Crippen LogP contribution < -0.4 is 10.2 Å². The largest absolute Gasteiger partial charge is 0.504 e. The molecule has 1 aromatic carbocycles. The Labute approximate surface area is 114 Å². The third-order valence-corrected chi connectivity index (χ3v) is 3.20. The van der Waals surface area contributed by atoms with E-state index in [4.69, 9.17) is 4.74 Å². The minimum atomic E-state index is -0.260. The summed E-state index contributed by atoms with van der Waals surface area (Å²) in [6.45, 7) is 0. The molecule has 0 aliphatic heterocycles. The van der Waals surface area contributed by atoms with Crippen LogP contribution in [0.5, 0.6) is 11.5 Å². The van der Waals surface area contributed by atoms with Crippen LogP contribution in [0.1, 0.15) is 15.2 Å². The Bertz CT molecular complexity index is 594. The normalized spacial score (nSPS) is 10.6. The average Bonchev–Trinajstić information content (AvgIpc) is 2.93. The highest BCUT2D eigenvalue weighted by molar-refractivity contribution is 7.12. The van der Waals surface area contributed by atoms with Crippen LogP contribution in [-0.2, 0) is 0 Å². The van der Waals surface area contributed by atoms with Gasteiger partial charge in [0.25, 0.3) is 5.91 Å². The predicted octanol–water partition coefficient (Wildman–Crippen LogP) is 2.23. The van der Waals surface area contributed by atoms with Gasteiger partial charge < -0.3 is 9.84 Å². The van der Waals surface area contributed by atoms with Crippen LogP contribution in [0, 0.1) is 0 Å². The molecule has 1 amide bonds. The molecule has 0 aliphatic rings. The Morgan fingerprint density at radius 3 is 2.95 bits per heavy atom. The molecule has 2 aromatic rings. The second kappa shape index (κ2) is 6.01. The van der Waals surface area contributed by atoms with Crippen molar-refractivity contribution in [3.8, 4) is 11.5 Å². The molecule has 0 saturated heterocycles. The minimum Gasteiger partial charge on any atom is -0.504 e. The summed E-state index contributed by atoms with van der Waals surface area (Å²) >= 11 is 1.34.